The van der Waals surface area contributed by atoms with Gasteiger partial charge in [-0.05, 0) is 31.0 Å². The molecule has 0 fully saturated rings. The second kappa shape index (κ2) is 19.3. The highest BCUT2D eigenvalue weighted by atomic mass is 19.4. The summed E-state index contributed by atoms with van der Waals surface area (Å²) >= 11 is 0. The lowest BCUT2D eigenvalue weighted by molar-refractivity contribution is -0.682. The molecule has 47 heavy (non-hydrogen) atoms. The number of amides is 3. The molecule has 2 heterocycles. The van der Waals surface area contributed by atoms with Crippen molar-refractivity contribution >= 4 is 41.2 Å². The van der Waals surface area contributed by atoms with E-state index < -0.39 is 30.3 Å². The number of imidazole rings is 1. The Morgan fingerprint density at radius 2 is 1.53 bits per heavy atom. The Hall–Kier alpha value is -4.39. The summed E-state index contributed by atoms with van der Waals surface area (Å²) in [5.41, 5.74) is 12.5. The Balaban J connectivity index is 0.000000760. The quantitative estimate of drug-likeness (QED) is 0.104. The number of carbonyl (C=O) groups excluding carboxylic acids is 3. The molecule has 0 radical (unpaired) electrons. The molecule has 3 rings (SSSR count). The molecule has 0 saturated carbocycles. The number of benzene rings is 1. The minimum atomic E-state index is -4.88. The molecule has 1 aliphatic rings. The van der Waals surface area contributed by atoms with Crippen LogP contribution in [0.25, 0.3) is 0 Å². The standard InChI is InChI=1S/C12H18F3N5O2.C11H12F3N3O.C2H3F3.C2H6/c13-12(14,15)10(22)18-4-2-6-20-8-7-19(11(20)16)5-1-3-17-9-21;1-16-4-5-17(10(18)11(12,13)14)9-6-7(15)2-3-8(9)16;1-2(3,4)5;1-2/h7-9,16H,1-6H2,(H2,17,18,21,22);2-3,6H,4-5,15H2,1H3;1H3;1-2H3/p+1. The number of nitrogens with zero attached hydrogens (tertiary/aromatic N) is 4. The average Bonchev–Trinajstić information content (AvgIpc) is 3.31. The highest BCUT2D eigenvalue weighted by Gasteiger charge is 2.44. The van der Waals surface area contributed by atoms with Crippen LogP contribution in [-0.4, -0.2) is 74.5 Å². The summed E-state index contributed by atoms with van der Waals surface area (Å²) in [6.45, 7) is 5.98. The topological polar surface area (TPSA) is 143 Å². The molecule has 0 bridgehead atoms. The lowest BCUT2D eigenvalue weighted by Crippen LogP contribution is -2.48. The van der Waals surface area contributed by atoms with Crippen molar-refractivity contribution < 1.29 is 58.5 Å². The normalized spacial score (nSPS) is 12.6. The van der Waals surface area contributed by atoms with E-state index in [0.717, 1.165) is 4.90 Å². The second-order valence-corrected chi connectivity index (χ2v) is 9.48. The van der Waals surface area contributed by atoms with Crippen molar-refractivity contribution in [1.82, 2.24) is 15.2 Å². The van der Waals surface area contributed by atoms with Crippen molar-refractivity contribution in [2.24, 2.45) is 0 Å². The summed E-state index contributed by atoms with van der Waals surface area (Å²) in [5.74, 6) is -3.33. The molecule has 20 heteroatoms. The first kappa shape index (κ1) is 42.6. The number of fused-ring (bicyclic) bond motifs is 1. The number of aryl methyl sites for hydroxylation is 2. The molecule has 1 aromatic heterocycles. The molecular weight excluding hydrogens is 655 g/mol. The van der Waals surface area contributed by atoms with Crippen LogP contribution < -0.4 is 36.5 Å². The van der Waals surface area contributed by atoms with Crippen LogP contribution in [0.1, 0.15) is 33.6 Å². The van der Waals surface area contributed by atoms with Crippen molar-refractivity contribution in [2.75, 3.05) is 54.5 Å². The SMILES string of the molecule is CC.CC(F)(F)F.CN1CCN(C(=O)C(F)(F)F)c2cc(N)ccc21.Nc1n(CCCNC(=O)C(F)(F)F)cc[n+]1CCCNC=O. The fraction of sp³-hybridized carbons (Fsp3) is 0.556. The predicted molar refractivity (Wildman–Crippen MR) is 157 cm³/mol. The molecular formula is C27H40F9N8O3+. The van der Waals surface area contributed by atoms with E-state index in [-0.39, 0.29) is 25.7 Å². The van der Waals surface area contributed by atoms with Gasteiger partial charge in [-0.1, -0.05) is 13.8 Å². The molecule has 6 N–H and O–H groups in total. The summed E-state index contributed by atoms with van der Waals surface area (Å²) in [5, 5.41) is 4.34. The zero-order chi connectivity index (χ0) is 36.6. The second-order valence-electron chi connectivity index (χ2n) is 9.48. The number of hydrogen-bond acceptors (Lipinski definition) is 6. The predicted octanol–water partition coefficient (Wildman–Crippen LogP) is 3.77. The summed E-state index contributed by atoms with van der Waals surface area (Å²) in [4.78, 5) is 34.6. The van der Waals surface area contributed by atoms with Gasteiger partial charge in [0.1, 0.15) is 0 Å². The number of alkyl halides is 9. The maximum atomic E-state index is 12.5. The molecule has 1 aromatic carbocycles. The summed E-state index contributed by atoms with van der Waals surface area (Å²) in [6.07, 6.45) is -8.61. The number of nitrogens with one attached hydrogen (secondary N) is 2. The molecule has 0 unspecified atom stereocenters. The monoisotopic (exact) mass is 695 g/mol. The maximum Gasteiger partial charge on any atom is 0.471 e. The van der Waals surface area contributed by atoms with E-state index in [0.29, 0.717) is 62.8 Å². The molecule has 268 valence electrons. The first-order chi connectivity index (χ1) is 21.7. The van der Waals surface area contributed by atoms with Crippen LogP contribution in [0.2, 0.25) is 0 Å². The average molecular weight is 696 g/mol. The number of aromatic nitrogens is 2. The van der Waals surface area contributed by atoms with Gasteiger partial charge in [0.05, 0.1) is 36.9 Å². The third-order valence-electron chi connectivity index (χ3n) is 5.79. The number of hydrogen-bond donors (Lipinski definition) is 4. The Kier molecular flexibility index (Phi) is 17.5. The fourth-order valence-corrected chi connectivity index (χ4v) is 3.75. The van der Waals surface area contributed by atoms with Crippen molar-refractivity contribution in [2.45, 2.75) is 65.2 Å². The van der Waals surface area contributed by atoms with E-state index in [1.807, 2.05) is 13.8 Å². The number of nitrogens with two attached hydrogens (primary N) is 2. The first-order valence-corrected chi connectivity index (χ1v) is 14.1. The van der Waals surface area contributed by atoms with Gasteiger partial charge in [-0.15, -0.1) is 0 Å². The highest BCUT2D eigenvalue weighted by Crippen LogP contribution is 2.36. The van der Waals surface area contributed by atoms with E-state index in [4.69, 9.17) is 11.5 Å². The number of carbonyl (C=O) groups is 3. The van der Waals surface area contributed by atoms with Gasteiger partial charge in [-0.3, -0.25) is 20.1 Å². The molecule has 3 amide bonds. The van der Waals surface area contributed by atoms with Crippen molar-refractivity contribution in [3.05, 3.63) is 30.6 Å². The van der Waals surface area contributed by atoms with Gasteiger partial charge in [0.2, 0.25) is 6.41 Å². The van der Waals surface area contributed by atoms with Crippen LogP contribution in [0.3, 0.4) is 0 Å². The number of anilines is 4. The van der Waals surface area contributed by atoms with Gasteiger partial charge in [0.15, 0.2) is 0 Å². The van der Waals surface area contributed by atoms with Crippen molar-refractivity contribution in [3.63, 3.8) is 0 Å². The molecule has 2 aromatic rings. The molecule has 1 aliphatic heterocycles. The number of likely N-dealkylation sites (N-methyl/N-ethyl adjacent to an activating group) is 1. The number of halogens is 9. The Bertz CT molecular complexity index is 1260. The zero-order valence-corrected chi connectivity index (χ0v) is 26.2. The minimum Gasteiger partial charge on any atom is -0.399 e. The Morgan fingerprint density at radius 1 is 0.936 bits per heavy atom. The molecule has 0 aliphatic carbocycles. The molecule has 0 atom stereocenters. The van der Waals surface area contributed by atoms with Gasteiger partial charge < -0.3 is 26.2 Å². The maximum absolute atomic E-state index is 12.5. The summed E-state index contributed by atoms with van der Waals surface area (Å²) in [6, 6.07) is 4.59. The Morgan fingerprint density at radius 3 is 2.06 bits per heavy atom. The number of rotatable bonds is 9. The smallest absolute Gasteiger partial charge is 0.399 e. The summed E-state index contributed by atoms with van der Waals surface area (Å²) in [7, 11) is 1.75. The van der Waals surface area contributed by atoms with Crippen molar-refractivity contribution in [1.29, 1.82) is 0 Å². The van der Waals surface area contributed by atoms with Gasteiger partial charge >= 0.3 is 36.3 Å². The van der Waals surface area contributed by atoms with E-state index >= 15 is 0 Å². The Labute approximate surface area is 265 Å². The zero-order valence-electron chi connectivity index (χ0n) is 26.2. The molecule has 0 spiro atoms. The van der Waals surface area contributed by atoms with E-state index in [1.54, 1.807) is 50.9 Å². The lowest BCUT2D eigenvalue weighted by atomic mass is 10.1. The third-order valence-corrected chi connectivity index (χ3v) is 5.79. The lowest BCUT2D eigenvalue weighted by Gasteiger charge is -2.36. The van der Waals surface area contributed by atoms with Crippen molar-refractivity contribution in [3.8, 4) is 0 Å². The number of nitrogen functional groups attached to an aromatic ring is 2. The van der Waals surface area contributed by atoms with Gasteiger partial charge in [0.25, 0.3) is 0 Å². The third kappa shape index (κ3) is 16.1. The van der Waals surface area contributed by atoms with Crippen LogP contribution in [0.5, 0.6) is 0 Å². The fourth-order valence-electron chi connectivity index (χ4n) is 3.75. The van der Waals surface area contributed by atoms with Crippen LogP contribution >= 0.6 is 0 Å². The first-order valence-electron chi connectivity index (χ1n) is 14.1. The highest BCUT2D eigenvalue weighted by molar-refractivity contribution is 6.01. The van der Waals surface area contributed by atoms with Crippen LogP contribution in [0.4, 0.5) is 62.5 Å². The van der Waals surface area contributed by atoms with Gasteiger partial charge in [-0.25, -0.2) is 9.13 Å². The molecule has 11 nitrogen and oxygen atoms in total. The van der Waals surface area contributed by atoms with Gasteiger partial charge in [0, 0.05) is 45.8 Å². The largest absolute Gasteiger partial charge is 0.471 e. The van der Waals surface area contributed by atoms with E-state index in [2.05, 4.69) is 5.32 Å². The molecule has 0 saturated heterocycles. The van der Waals surface area contributed by atoms with Crippen LogP contribution in [-0.2, 0) is 27.5 Å². The van der Waals surface area contributed by atoms with Crippen LogP contribution in [0, 0.1) is 0 Å². The van der Waals surface area contributed by atoms with E-state index in [1.165, 1.54) is 6.07 Å². The summed E-state index contributed by atoms with van der Waals surface area (Å²) < 4.78 is 108. The van der Waals surface area contributed by atoms with Gasteiger partial charge in [-0.2, -0.15) is 39.5 Å². The van der Waals surface area contributed by atoms with E-state index in [9.17, 15) is 53.9 Å². The minimum absolute atomic E-state index is 0.00863. The van der Waals surface area contributed by atoms with Crippen LogP contribution in [0.15, 0.2) is 30.6 Å².